The third kappa shape index (κ3) is 2.81. The van der Waals surface area contributed by atoms with Gasteiger partial charge in [-0.25, -0.2) is 0 Å². The molecule has 3 aromatic heterocycles. The molecule has 10 rings (SSSR count). The Morgan fingerprint density at radius 3 is 2.67 bits per heavy atom. The van der Waals surface area contributed by atoms with E-state index in [1.807, 2.05) is 12.1 Å². The Morgan fingerprint density at radius 2 is 1.69 bits per heavy atom. The van der Waals surface area contributed by atoms with Gasteiger partial charge in [0.1, 0.15) is 22.5 Å². The van der Waals surface area contributed by atoms with Crippen LogP contribution in [0.25, 0.3) is 77.6 Å². The quantitative estimate of drug-likeness (QED) is 0.207. The van der Waals surface area contributed by atoms with Gasteiger partial charge < -0.3 is 18.3 Å². The molecule has 4 nitrogen and oxygen atoms in total. The topological polar surface area (TPSA) is 34.5 Å². The Bertz CT molecular complexity index is 2420. The lowest BCUT2D eigenvalue weighted by Crippen LogP contribution is -2.30. The van der Waals surface area contributed by atoms with Crippen molar-refractivity contribution in [2.75, 3.05) is 0 Å². The van der Waals surface area contributed by atoms with Gasteiger partial charge >= 0.3 is 0 Å². The van der Waals surface area contributed by atoms with Crippen molar-refractivity contribution in [3.63, 3.8) is 0 Å². The lowest BCUT2D eigenvalue weighted by Gasteiger charge is -2.30. The highest BCUT2D eigenvalue weighted by molar-refractivity contribution is 6.20. The first-order valence-electron chi connectivity index (χ1n) is 14.7. The maximum atomic E-state index is 6.70. The molecule has 0 bridgehead atoms. The molecule has 5 heterocycles. The number of furan rings is 2. The van der Waals surface area contributed by atoms with Gasteiger partial charge in [0.05, 0.1) is 22.6 Å². The molecule has 7 aromatic rings. The molecule has 2 aliphatic heterocycles. The number of hydrogen-bond donors (Lipinski definition) is 0. The summed E-state index contributed by atoms with van der Waals surface area (Å²) in [6, 6.07) is 24.2. The normalized spacial score (nSPS) is 17.7. The highest BCUT2D eigenvalue weighted by Gasteiger charge is 2.32. The van der Waals surface area contributed by atoms with Crippen LogP contribution in [0.15, 0.2) is 113 Å². The number of allylic oxidation sites excluding steroid dienone is 3. The minimum atomic E-state index is 0.154. The maximum absolute atomic E-state index is 6.70. The number of aryl methyl sites for hydroxylation is 1. The molecule has 1 unspecified atom stereocenters. The van der Waals surface area contributed by atoms with E-state index in [4.69, 9.17) is 8.83 Å². The first kappa shape index (κ1) is 22.5. The van der Waals surface area contributed by atoms with Crippen molar-refractivity contribution >= 4 is 66.5 Å². The van der Waals surface area contributed by atoms with E-state index in [0.717, 1.165) is 63.9 Å². The van der Waals surface area contributed by atoms with E-state index in [1.165, 1.54) is 43.9 Å². The number of fused-ring (bicyclic) bond motifs is 11. The number of hydrogen-bond acceptors (Lipinski definition) is 3. The average molecular weight is 543 g/mol. The highest BCUT2D eigenvalue weighted by atomic mass is 16.3. The summed E-state index contributed by atoms with van der Waals surface area (Å²) in [5.74, 6) is 1.08. The van der Waals surface area contributed by atoms with Gasteiger partial charge in [-0.05, 0) is 42.3 Å². The van der Waals surface area contributed by atoms with Crippen LogP contribution in [-0.4, -0.2) is 15.5 Å². The van der Waals surface area contributed by atoms with Crippen LogP contribution in [0.3, 0.4) is 0 Å². The van der Waals surface area contributed by atoms with Crippen molar-refractivity contribution in [2.24, 2.45) is 0 Å². The fourth-order valence-corrected chi connectivity index (χ4v) is 7.59. The summed E-state index contributed by atoms with van der Waals surface area (Å²) < 4.78 is 15.4. The molecule has 0 N–H and O–H groups in total. The van der Waals surface area contributed by atoms with Gasteiger partial charge in [0.25, 0.3) is 0 Å². The largest absolute Gasteiger partial charge is 0.460 e. The maximum Gasteiger partial charge on any atom is 0.146 e. The van der Waals surface area contributed by atoms with E-state index >= 15 is 0 Å². The van der Waals surface area contributed by atoms with Gasteiger partial charge in [0, 0.05) is 62.9 Å². The van der Waals surface area contributed by atoms with Crippen molar-refractivity contribution in [1.82, 2.24) is 9.47 Å². The fraction of sp³-hybridized carbons (Fsp3) is 0.105. The van der Waals surface area contributed by atoms with Gasteiger partial charge in [0.2, 0.25) is 0 Å². The van der Waals surface area contributed by atoms with Crippen LogP contribution in [-0.2, 0) is 13.0 Å². The van der Waals surface area contributed by atoms with Gasteiger partial charge in [-0.15, -0.1) is 0 Å². The van der Waals surface area contributed by atoms with E-state index in [1.54, 1.807) is 0 Å². The van der Waals surface area contributed by atoms with Crippen molar-refractivity contribution in [2.45, 2.75) is 25.4 Å². The lowest BCUT2D eigenvalue weighted by molar-refractivity contribution is 0.408. The summed E-state index contributed by atoms with van der Waals surface area (Å²) in [6.45, 7) is 5.50. The van der Waals surface area contributed by atoms with Crippen molar-refractivity contribution in [1.29, 1.82) is 0 Å². The molecule has 4 aromatic carbocycles. The zero-order chi connectivity index (χ0) is 27.5. The Labute approximate surface area is 241 Å². The third-order valence-electron chi connectivity index (χ3n) is 9.46. The molecule has 0 saturated carbocycles. The number of para-hydroxylation sites is 2. The monoisotopic (exact) mass is 542 g/mol. The zero-order valence-corrected chi connectivity index (χ0v) is 22.9. The lowest BCUT2D eigenvalue weighted by atomic mass is 9.96. The van der Waals surface area contributed by atoms with Gasteiger partial charge in [-0.2, -0.15) is 0 Å². The van der Waals surface area contributed by atoms with Crippen molar-refractivity contribution in [3.05, 3.63) is 121 Å². The summed E-state index contributed by atoms with van der Waals surface area (Å²) in [4.78, 5) is 2.32. The first-order valence-corrected chi connectivity index (χ1v) is 14.7. The molecular weight excluding hydrogens is 516 g/mol. The Hall–Kier alpha value is -5.22. The Balaban J connectivity index is 1.34. The van der Waals surface area contributed by atoms with Crippen LogP contribution < -0.4 is 0 Å². The molecule has 1 atom stereocenters. The summed E-state index contributed by atoms with van der Waals surface area (Å²) in [7, 11) is 0. The van der Waals surface area contributed by atoms with Crippen LogP contribution in [0.2, 0.25) is 0 Å². The third-order valence-corrected chi connectivity index (χ3v) is 9.46. The summed E-state index contributed by atoms with van der Waals surface area (Å²) in [5.41, 5.74) is 10.9. The van der Waals surface area contributed by atoms with Crippen LogP contribution in [0.5, 0.6) is 0 Å². The molecule has 0 amide bonds. The van der Waals surface area contributed by atoms with Gasteiger partial charge in [-0.1, -0.05) is 73.3 Å². The Morgan fingerprint density at radius 1 is 0.786 bits per heavy atom. The zero-order valence-electron chi connectivity index (χ0n) is 22.9. The minimum absolute atomic E-state index is 0.154. The first-order chi connectivity index (χ1) is 20.7. The number of aromatic nitrogens is 1. The Kier molecular flexibility index (Phi) is 4.25. The number of nitrogens with zero attached hydrogens (tertiary/aromatic N) is 2. The van der Waals surface area contributed by atoms with Crippen LogP contribution in [0, 0.1) is 0 Å². The van der Waals surface area contributed by atoms with Gasteiger partial charge in [0.15, 0.2) is 0 Å². The van der Waals surface area contributed by atoms with E-state index in [2.05, 4.69) is 107 Å². The smallest absolute Gasteiger partial charge is 0.146 e. The minimum Gasteiger partial charge on any atom is -0.460 e. The van der Waals surface area contributed by atoms with E-state index < -0.39 is 0 Å². The van der Waals surface area contributed by atoms with Crippen molar-refractivity contribution in [3.8, 4) is 11.1 Å². The molecule has 200 valence electrons. The summed E-state index contributed by atoms with van der Waals surface area (Å²) >= 11 is 0. The molecule has 3 aliphatic rings. The second kappa shape index (κ2) is 7.95. The van der Waals surface area contributed by atoms with Crippen LogP contribution >= 0.6 is 0 Å². The molecular formula is C38H26N2O2. The van der Waals surface area contributed by atoms with Crippen LogP contribution in [0.1, 0.15) is 23.3 Å². The summed E-state index contributed by atoms with van der Waals surface area (Å²) in [5, 5.41) is 5.97. The van der Waals surface area contributed by atoms with E-state index in [9.17, 15) is 0 Å². The number of rotatable bonds is 1. The number of benzene rings is 4. The van der Waals surface area contributed by atoms with Crippen molar-refractivity contribution < 1.29 is 8.83 Å². The molecule has 1 aliphatic carbocycles. The SMILES string of the molecule is C=C1c2c3oc4c(c3cc3c5cccc(-c6ccc7oc8ccccc8c7c6)c5n(c23)CC2C=CC=CN12)C=CCC4. The molecule has 4 heteroatoms. The molecule has 0 spiro atoms. The summed E-state index contributed by atoms with van der Waals surface area (Å²) in [6.07, 6.45) is 15.1. The molecule has 42 heavy (non-hydrogen) atoms. The van der Waals surface area contributed by atoms with E-state index in [0.29, 0.717) is 0 Å². The molecule has 0 fully saturated rings. The standard InChI is InChI=1S/C38H26N2O2/c1-22-35-37-30(20-31-27-11-3-5-15-33(27)42-38(31)35)28-13-8-12-25(36(28)40(37)21-24-9-6-7-18-39(22)24)23-16-17-34-29(19-23)26-10-2-4-14-32(26)41-34/h2-4,6-14,16-20,24H,1,5,15,21H2. The molecule has 0 saturated heterocycles. The second-order valence-electron chi connectivity index (χ2n) is 11.7. The molecule has 0 radical (unpaired) electrons. The highest BCUT2D eigenvalue weighted by Crippen LogP contribution is 2.47. The van der Waals surface area contributed by atoms with E-state index in [-0.39, 0.29) is 6.04 Å². The fourth-order valence-electron chi connectivity index (χ4n) is 7.59. The predicted molar refractivity (Wildman–Crippen MR) is 172 cm³/mol. The predicted octanol–water partition coefficient (Wildman–Crippen LogP) is 9.80. The second-order valence-corrected chi connectivity index (χ2v) is 11.7. The van der Waals surface area contributed by atoms with Crippen LogP contribution in [0.4, 0.5) is 0 Å². The van der Waals surface area contributed by atoms with Gasteiger partial charge in [-0.3, -0.25) is 0 Å². The average Bonchev–Trinajstić information content (AvgIpc) is 3.67.